The maximum absolute atomic E-state index is 4.38. The fourth-order valence-corrected chi connectivity index (χ4v) is 1.27. The minimum absolute atomic E-state index is 0.754. The minimum atomic E-state index is 0.754. The molecule has 1 fully saturated rings. The van der Waals surface area contributed by atoms with Crippen LogP contribution >= 0.6 is 0 Å². The molecule has 0 saturated heterocycles. The van der Waals surface area contributed by atoms with Crippen LogP contribution in [0.1, 0.15) is 18.5 Å². The number of allylic oxidation sites excluding steroid dienone is 1. The Morgan fingerprint density at radius 2 is 2.54 bits per heavy atom. The second-order valence-corrected chi connectivity index (χ2v) is 3.47. The molecule has 1 heterocycles. The van der Waals surface area contributed by atoms with E-state index in [0.29, 0.717) is 0 Å². The topological polar surface area (TPSA) is 29.9 Å². The SMILES string of the molecule is C=CCn1ccc(CNC2CC2)n1. The molecule has 70 valence electrons. The Hall–Kier alpha value is -1.09. The Labute approximate surface area is 78.4 Å². The van der Waals surface area contributed by atoms with Crippen LogP contribution in [-0.2, 0) is 13.1 Å². The third kappa shape index (κ3) is 2.42. The molecular weight excluding hydrogens is 162 g/mol. The fourth-order valence-electron chi connectivity index (χ4n) is 1.27. The summed E-state index contributed by atoms with van der Waals surface area (Å²) in [6, 6.07) is 2.81. The highest BCUT2D eigenvalue weighted by Crippen LogP contribution is 2.18. The van der Waals surface area contributed by atoms with Gasteiger partial charge in [-0.3, -0.25) is 4.68 Å². The average molecular weight is 177 g/mol. The van der Waals surface area contributed by atoms with Gasteiger partial charge < -0.3 is 5.32 Å². The van der Waals surface area contributed by atoms with Crippen molar-refractivity contribution in [2.24, 2.45) is 0 Å². The molecule has 3 heteroatoms. The number of nitrogens with zero attached hydrogens (tertiary/aromatic N) is 2. The smallest absolute Gasteiger partial charge is 0.0762 e. The predicted molar refractivity (Wildman–Crippen MR) is 52.3 cm³/mol. The summed E-state index contributed by atoms with van der Waals surface area (Å²) in [4.78, 5) is 0. The second kappa shape index (κ2) is 3.75. The first-order chi connectivity index (χ1) is 6.38. The summed E-state index contributed by atoms with van der Waals surface area (Å²) in [6.07, 6.45) is 6.50. The van der Waals surface area contributed by atoms with Gasteiger partial charge in [-0.15, -0.1) is 6.58 Å². The average Bonchev–Trinajstić information content (AvgIpc) is 2.85. The van der Waals surface area contributed by atoms with Crippen LogP contribution in [0.3, 0.4) is 0 Å². The first-order valence-electron chi connectivity index (χ1n) is 4.75. The van der Waals surface area contributed by atoms with Gasteiger partial charge in [0.1, 0.15) is 0 Å². The van der Waals surface area contributed by atoms with Crippen LogP contribution in [-0.4, -0.2) is 15.8 Å². The van der Waals surface area contributed by atoms with E-state index in [9.17, 15) is 0 Å². The largest absolute Gasteiger partial charge is 0.308 e. The predicted octanol–water partition coefficient (Wildman–Crippen LogP) is 1.32. The molecule has 1 aromatic rings. The quantitative estimate of drug-likeness (QED) is 0.687. The van der Waals surface area contributed by atoms with E-state index in [1.807, 2.05) is 17.0 Å². The molecule has 1 saturated carbocycles. The van der Waals surface area contributed by atoms with E-state index >= 15 is 0 Å². The number of nitrogens with one attached hydrogen (secondary N) is 1. The number of rotatable bonds is 5. The Bertz CT molecular complexity index is 286. The van der Waals surface area contributed by atoms with Gasteiger partial charge in [0.05, 0.1) is 12.2 Å². The molecule has 0 amide bonds. The molecule has 0 radical (unpaired) electrons. The standard InChI is InChI=1S/C10H15N3/c1-2-6-13-7-5-10(12-13)8-11-9-3-4-9/h2,5,7,9,11H,1,3-4,6,8H2. The molecular formula is C10H15N3. The number of hydrogen-bond donors (Lipinski definition) is 1. The van der Waals surface area contributed by atoms with Gasteiger partial charge in [-0.05, 0) is 18.9 Å². The minimum Gasteiger partial charge on any atom is -0.308 e. The van der Waals surface area contributed by atoms with Crippen molar-refractivity contribution in [2.45, 2.75) is 32.0 Å². The van der Waals surface area contributed by atoms with Gasteiger partial charge in [-0.2, -0.15) is 5.10 Å². The monoisotopic (exact) mass is 177 g/mol. The molecule has 2 rings (SSSR count). The molecule has 0 unspecified atom stereocenters. The van der Waals surface area contributed by atoms with E-state index in [1.54, 1.807) is 0 Å². The van der Waals surface area contributed by atoms with E-state index in [2.05, 4.69) is 23.1 Å². The summed E-state index contributed by atoms with van der Waals surface area (Å²) in [5, 5.41) is 7.81. The van der Waals surface area contributed by atoms with Crippen molar-refractivity contribution in [3.63, 3.8) is 0 Å². The van der Waals surface area contributed by atoms with E-state index in [0.717, 1.165) is 24.8 Å². The third-order valence-electron chi connectivity index (χ3n) is 2.16. The number of aromatic nitrogens is 2. The summed E-state index contributed by atoms with van der Waals surface area (Å²) >= 11 is 0. The van der Waals surface area contributed by atoms with Crippen LogP contribution in [0.4, 0.5) is 0 Å². The van der Waals surface area contributed by atoms with Crippen LogP contribution in [0.25, 0.3) is 0 Å². The van der Waals surface area contributed by atoms with Crippen LogP contribution in [0.2, 0.25) is 0 Å². The first-order valence-corrected chi connectivity index (χ1v) is 4.75. The van der Waals surface area contributed by atoms with Gasteiger partial charge in [-0.1, -0.05) is 6.08 Å². The van der Waals surface area contributed by atoms with Crippen molar-refractivity contribution in [3.05, 3.63) is 30.6 Å². The highest BCUT2D eigenvalue weighted by atomic mass is 15.3. The Morgan fingerprint density at radius 3 is 3.23 bits per heavy atom. The fraction of sp³-hybridized carbons (Fsp3) is 0.500. The molecule has 0 aromatic carbocycles. The zero-order valence-electron chi connectivity index (χ0n) is 7.74. The Kier molecular flexibility index (Phi) is 2.45. The summed E-state index contributed by atoms with van der Waals surface area (Å²) in [7, 11) is 0. The number of hydrogen-bond acceptors (Lipinski definition) is 2. The van der Waals surface area contributed by atoms with Crippen LogP contribution in [0, 0.1) is 0 Å². The van der Waals surface area contributed by atoms with Gasteiger partial charge in [0.25, 0.3) is 0 Å². The van der Waals surface area contributed by atoms with Gasteiger partial charge in [-0.25, -0.2) is 0 Å². The molecule has 1 aliphatic carbocycles. The van der Waals surface area contributed by atoms with Crippen LogP contribution < -0.4 is 5.32 Å². The van der Waals surface area contributed by atoms with Crippen molar-refractivity contribution in [1.82, 2.24) is 15.1 Å². The lowest BCUT2D eigenvalue weighted by Gasteiger charge is -1.98. The van der Waals surface area contributed by atoms with Crippen LogP contribution in [0.15, 0.2) is 24.9 Å². The van der Waals surface area contributed by atoms with Gasteiger partial charge in [0.2, 0.25) is 0 Å². The molecule has 0 aliphatic heterocycles. The van der Waals surface area contributed by atoms with Gasteiger partial charge >= 0.3 is 0 Å². The molecule has 0 atom stereocenters. The van der Waals surface area contributed by atoms with E-state index < -0.39 is 0 Å². The first kappa shape index (κ1) is 8.51. The van der Waals surface area contributed by atoms with Crippen molar-refractivity contribution in [3.8, 4) is 0 Å². The lowest BCUT2D eigenvalue weighted by molar-refractivity contribution is 0.637. The zero-order valence-corrected chi connectivity index (χ0v) is 7.74. The van der Waals surface area contributed by atoms with Gasteiger partial charge in [0.15, 0.2) is 0 Å². The summed E-state index contributed by atoms with van der Waals surface area (Å²) in [5.74, 6) is 0. The maximum Gasteiger partial charge on any atom is 0.0762 e. The molecule has 1 N–H and O–H groups in total. The van der Waals surface area contributed by atoms with E-state index in [1.165, 1.54) is 12.8 Å². The van der Waals surface area contributed by atoms with Crippen molar-refractivity contribution < 1.29 is 0 Å². The second-order valence-electron chi connectivity index (χ2n) is 3.47. The lowest BCUT2D eigenvalue weighted by Crippen LogP contribution is -2.15. The summed E-state index contributed by atoms with van der Waals surface area (Å²) in [5.41, 5.74) is 1.12. The molecule has 1 aromatic heterocycles. The Balaban J connectivity index is 1.84. The van der Waals surface area contributed by atoms with Crippen molar-refractivity contribution in [2.75, 3.05) is 0 Å². The lowest BCUT2D eigenvalue weighted by atomic mass is 10.4. The summed E-state index contributed by atoms with van der Waals surface area (Å²) < 4.78 is 1.90. The molecule has 13 heavy (non-hydrogen) atoms. The molecule has 1 aliphatic rings. The third-order valence-corrected chi connectivity index (χ3v) is 2.16. The zero-order chi connectivity index (χ0) is 9.10. The molecule has 0 spiro atoms. The van der Waals surface area contributed by atoms with E-state index in [4.69, 9.17) is 0 Å². The Morgan fingerprint density at radius 1 is 1.69 bits per heavy atom. The normalized spacial score (nSPS) is 16.0. The van der Waals surface area contributed by atoms with E-state index in [-0.39, 0.29) is 0 Å². The summed E-state index contributed by atoms with van der Waals surface area (Å²) in [6.45, 7) is 5.37. The molecule has 3 nitrogen and oxygen atoms in total. The molecule has 0 bridgehead atoms. The van der Waals surface area contributed by atoms with Gasteiger partial charge in [0, 0.05) is 18.8 Å². The van der Waals surface area contributed by atoms with Crippen LogP contribution in [0.5, 0.6) is 0 Å². The van der Waals surface area contributed by atoms with Crippen molar-refractivity contribution in [1.29, 1.82) is 0 Å². The van der Waals surface area contributed by atoms with Crippen molar-refractivity contribution >= 4 is 0 Å². The highest BCUT2D eigenvalue weighted by molar-refractivity contribution is 5.00. The highest BCUT2D eigenvalue weighted by Gasteiger charge is 2.20. The maximum atomic E-state index is 4.38.